The van der Waals surface area contributed by atoms with Crippen LogP contribution in [0.2, 0.25) is 0 Å². The molecule has 2 aromatic carbocycles. The molecule has 1 amide bonds. The fourth-order valence-electron chi connectivity index (χ4n) is 2.73. The van der Waals surface area contributed by atoms with Crippen molar-refractivity contribution < 1.29 is 9.18 Å². The number of tetrazole rings is 1. The van der Waals surface area contributed by atoms with Gasteiger partial charge < -0.3 is 5.32 Å². The molecule has 0 aliphatic heterocycles. The van der Waals surface area contributed by atoms with Gasteiger partial charge in [0.15, 0.2) is 5.82 Å². The molecule has 0 bridgehead atoms. The lowest BCUT2D eigenvalue weighted by molar-refractivity contribution is -0.120. The molecule has 7 nitrogen and oxygen atoms in total. The number of likely N-dealkylation sites (N-methyl/N-ethyl adjacent to an activating group) is 1. The third-order valence-electron chi connectivity index (χ3n) is 3.93. The Morgan fingerprint density at radius 1 is 1.19 bits per heavy atom. The Kier molecular flexibility index (Phi) is 5.04. The summed E-state index contributed by atoms with van der Waals surface area (Å²) in [5.74, 6) is 0.0920. The molecule has 0 aliphatic rings. The molecule has 134 valence electrons. The Morgan fingerprint density at radius 2 is 1.92 bits per heavy atom. The summed E-state index contributed by atoms with van der Waals surface area (Å²) < 4.78 is 14.8. The minimum Gasteiger partial charge on any atom is -0.324 e. The molecule has 0 aliphatic carbocycles. The smallest absolute Gasteiger partial charge is 0.246 e. The van der Waals surface area contributed by atoms with E-state index in [-0.39, 0.29) is 11.7 Å². The van der Waals surface area contributed by atoms with E-state index >= 15 is 0 Å². The molecular weight excluding hydrogens is 335 g/mol. The van der Waals surface area contributed by atoms with E-state index in [1.807, 2.05) is 12.1 Å². The van der Waals surface area contributed by atoms with Crippen LogP contribution < -0.4 is 5.32 Å². The number of rotatable bonds is 5. The Balaban J connectivity index is 1.84. The predicted octanol–water partition coefficient (Wildman–Crippen LogP) is 2.35. The lowest BCUT2D eigenvalue weighted by Crippen LogP contribution is -2.32. The lowest BCUT2D eigenvalue weighted by Gasteiger charge is -2.24. The molecule has 0 fully saturated rings. The summed E-state index contributed by atoms with van der Waals surface area (Å²) in [4.78, 5) is 14.6. The summed E-state index contributed by atoms with van der Waals surface area (Å²) in [6.45, 7) is 1.79. The van der Waals surface area contributed by atoms with Crippen LogP contribution in [0.4, 0.5) is 10.1 Å². The quantitative estimate of drug-likeness (QED) is 0.761. The third-order valence-corrected chi connectivity index (χ3v) is 3.93. The van der Waals surface area contributed by atoms with Crippen LogP contribution in [0.3, 0.4) is 0 Å². The van der Waals surface area contributed by atoms with Crippen LogP contribution in [0.5, 0.6) is 0 Å². The highest BCUT2D eigenvalue weighted by Crippen LogP contribution is 2.22. The second-order valence-corrected chi connectivity index (χ2v) is 6.10. The van der Waals surface area contributed by atoms with Gasteiger partial charge in [-0.25, -0.2) is 4.39 Å². The number of aromatic nitrogens is 4. The highest BCUT2D eigenvalue weighted by molar-refractivity contribution is 5.95. The highest BCUT2D eigenvalue weighted by Gasteiger charge is 2.23. The van der Waals surface area contributed by atoms with E-state index in [2.05, 4.69) is 20.8 Å². The largest absolute Gasteiger partial charge is 0.324 e. The number of halogens is 1. The predicted molar refractivity (Wildman–Crippen MR) is 95.3 cm³/mol. The molecule has 8 heteroatoms. The molecule has 0 saturated heterocycles. The van der Waals surface area contributed by atoms with Crippen molar-refractivity contribution in [3.05, 3.63) is 65.7 Å². The first kappa shape index (κ1) is 17.7. The van der Waals surface area contributed by atoms with Gasteiger partial charge in [0.25, 0.3) is 0 Å². The molecule has 0 radical (unpaired) electrons. The van der Waals surface area contributed by atoms with Gasteiger partial charge in [-0.1, -0.05) is 18.2 Å². The molecule has 0 saturated carbocycles. The number of hydrogen-bond donors (Lipinski definition) is 1. The van der Waals surface area contributed by atoms with Crippen molar-refractivity contribution >= 4 is 11.6 Å². The first-order valence-corrected chi connectivity index (χ1v) is 8.04. The minimum atomic E-state index is -0.547. The maximum Gasteiger partial charge on any atom is 0.246 e. The minimum absolute atomic E-state index is 0.216. The molecule has 3 rings (SSSR count). The maximum atomic E-state index is 13.2. The molecule has 1 N–H and O–H groups in total. The van der Waals surface area contributed by atoms with E-state index in [4.69, 9.17) is 0 Å². The first-order chi connectivity index (χ1) is 12.5. The average molecular weight is 354 g/mol. The van der Waals surface area contributed by atoms with Crippen molar-refractivity contribution in [1.82, 2.24) is 25.1 Å². The SMILES string of the molecule is Cc1nnnn1-c1cccc(NC(=O)[C@H](c2ccc(F)cc2)N(C)C)c1. The number of hydrogen-bond acceptors (Lipinski definition) is 5. The van der Waals surface area contributed by atoms with Gasteiger partial charge in [-0.15, -0.1) is 5.10 Å². The Hall–Kier alpha value is -3.13. The Bertz CT molecular complexity index is 906. The number of nitrogens with one attached hydrogen (secondary N) is 1. The summed E-state index contributed by atoms with van der Waals surface area (Å²) in [6.07, 6.45) is 0. The van der Waals surface area contributed by atoms with E-state index in [9.17, 15) is 9.18 Å². The number of carbonyl (C=O) groups excluding carboxylic acids is 1. The average Bonchev–Trinajstić information content (AvgIpc) is 3.03. The standard InChI is InChI=1S/C18H19FN6O/c1-12-21-22-23-25(12)16-6-4-5-15(11-16)20-18(26)17(24(2)3)13-7-9-14(19)10-8-13/h4-11,17H,1-3H3,(H,20,26)/t17-/m0/s1. The van der Waals surface area contributed by atoms with E-state index in [1.165, 1.54) is 12.1 Å². The van der Waals surface area contributed by atoms with Crippen LogP contribution in [0.15, 0.2) is 48.5 Å². The van der Waals surface area contributed by atoms with Gasteiger partial charge in [-0.3, -0.25) is 9.69 Å². The van der Waals surface area contributed by atoms with Crippen molar-refractivity contribution in [3.8, 4) is 5.69 Å². The lowest BCUT2D eigenvalue weighted by atomic mass is 10.0. The van der Waals surface area contributed by atoms with Crippen LogP contribution in [0, 0.1) is 12.7 Å². The molecular formula is C18H19FN6O. The van der Waals surface area contributed by atoms with Gasteiger partial charge in [0.05, 0.1) is 5.69 Å². The Morgan fingerprint density at radius 3 is 2.54 bits per heavy atom. The molecule has 1 heterocycles. The van der Waals surface area contributed by atoms with Crippen molar-refractivity contribution in [2.75, 3.05) is 19.4 Å². The normalized spacial score (nSPS) is 12.2. The van der Waals surface area contributed by atoms with E-state index < -0.39 is 6.04 Å². The zero-order valence-electron chi connectivity index (χ0n) is 14.7. The molecule has 0 spiro atoms. The van der Waals surface area contributed by atoms with Crippen LogP contribution in [-0.4, -0.2) is 45.1 Å². The summed E-state index contributed by atoms with van der Waals surface area (Å²) in [7, 11) is 3.60. The highest BCUT2D eigenvalue weighted by atomic mass is 19.1. The van der Waals surface area contributed by atoms with Crippen molar-refractivity contribution in [2.24, 2.45) is 0 Å². The van der Waals surface area contributed by atoms with Crippen LogP contribution >= 0.6 is 0 Å². The number of anilines is 1. The van der Waals surface area contributed by atoms with Crippen LogP contribution in [-0.2, 0) is 4.79 Å². The molecule has 0 unspecified atom stereocenters. The summed E-state index contributed by atoms with van der Waals surface area (Å²) in [5.41, 5.74) is 2.08. The van der Waals surface area contributed by atoms with E-state index in [0.29, 0.717) is 17.1 Å². The van der Waals surface area contributed by atoms with Crippen LogP contribution in [0.25, 0.3) is 5.69 Å². The van der Waals surface area contributed by atoms with Gasteiger partial charge in [0.2, 0.25) is 5.91 Å². The van der Waals surface area contributed by atoms with Crippen molar-refractivity contribution in [1.29, 1.82) is 0 Å². The fourth-order valence-corrected chi connectivity index (χ4v) is 2.73. The van der Waals surface area contributed by atoms with E-state index in [0.717, 1.165) is 5.69 Å². The number of carbonyl (C=O) groups is 1. The monoisotopic (exact) mass is 354 g/mol. The zero-order valence-corrected chi connectivity index (χ0v) is 14.7. The summed E-state index contributed by atoms with van der Waals surface area (Å²) in [5, 5.41) is 14.3. The Labute approximate surface area is 150 Å². The summed E-state index contributed by atoms with van der Waals surface area (Å²) in [6, 6.07) is 12.6. The second-order valence-electron chi connectivity index (χ2n) is 6.10. The first-order valence-electron chi connectivity index (χ1n) is 8.04. The van der Waals surface area contributed by atoms with Crippen molar-refractivity contribution in [3.63, 3.8) is 0 Å². The zero-order chi connectivity index (χ0) is 18.7. The summed E-state index contributed by atoms with van der Waals surface area (Å²) >= 11 is 0. The topological polar surface area (TPSA) is 75.9 Å². The molecule has 1 atom stereocenters. The number of aryl methyl sites for hydroxylation is 1. The van der Waals surface area contributed by atoms with Gasteiger partial charge in [0, 0.05) is 5.69 Å². The third kappa shape index (κ3) is 3.75. The fraction of sp³-hybridized carbons (Fsp3) is 0.222. The maximum absolute atomic E-state index is 13.2. The van der Waals surface area contributed by atoms with Gasteiger partial charge in [-0.05, 0) is 67.3 Å². The molecule has 3 aromatic rings. The van der Waals surface area contributed by atoms with E-state index in [1.54, 1.807) is 54.9 Å². The number of benzene rings is 2. The molecule has 26 heavy (non-hydrogen) atoms. The second kappa shape index (κ2) is 7.40. The van der Waals surface area contributed by atoms with Crippen molar-refractivity contribution in [2.45, 2.75) is 13.0 Å². The van der Waals surface area contributed by atoms with Crippen LogP contribution in [0.1, 0.15) is 17.4 Å². The number of nitrogens with zero attached hydrogens (tertiary/aromatic N) is 5. The van der Waals surface area contributed by atoms with Gasteiger partial charge in [-0.2, -0.15) is 4.68 Å². The van der Waals surface area contributed by atoms with Gasteiger partial charge >= 0.3 is 0 Å². The number of amides is 1. The molecule has 1 aromatic heterocycles. The van der Waals surface area contributed by atoms with Gasteiger partial charge in [0.1, 0.15) is 11.9 Å².